The predicted molar refractivity (Wildman–Crippen MR) is 145 cm³/mol. The number of amides is 3. The number of aromatic nitrogens is 1. The number of ketones is 1. The van der Waals surface area contributed by atoms with Gasteiger partial charge in [-0.1, -0.05) is 32.0 Å². The third-order valence-electron chi connectivity index (χ3n) is 8.50. The first-order chi connectivity index (χ1) is 18.9. The number of para-hydroxylation sites is 1. The van der Waals surface area contributed by atoms with E-state index in [1.165, 1.54) is 18.0 Å². The SMILES string of the molecule is CC(C)CC[C@@H](C(=O)C1C[C@]2(C[C@H]1C(N)=O)C(=O)Nc1ccccc12)N(C)C(=O)c1cc2c(F)cc(F)cc2[nH]1. The van der Waals surface area contributed by atoms with Crippen LogP contribution in [0, 0.1) is 29.4 Å². The number of fused-ring (bicyclic) bond motifs is 3. The molecule has 2 heterocycles. The molecule has 10 heteroatoms. The average molecular weight is 551 g/mol. The second-order valence-corrected chi connectivity index (χ2v) is 11.4. The highest BCUT2D eigenvalue weighted by atomic mass is 19.1. The van der Waals surface area contributed by atoms with Crippen LogP contribution in [0.4, 0.5) is 14.5 Å². The summed E-state index contributed by atoms with van der Waals surface area (Å²) in [5.41, 5.74) is 6.22. The van der Waals surface area contributed by atoms with E-state index in [1.54, 1.807) is 12.1 Å². The number of primary amides is 1. The van der Waals surface area contributed by atoms with Gasteiger partial charge in [0.15, 0.2) is 5.78 Å². The summed E-state index contributed by atoms with van der Waals surface area (Å²) in [6.07, 6.45) is 1.13. The Balaban J connectivity index is 1.48. The van der Waals surface area contributed by atoms with Gasteiger partial charge in [-0.3, -0.25) is 19.2 Å². The number of rotatable bonds is 8. The highest BCUT2D eigenvalue weighted by Crippen LogP contribution is 2.53. The number of nitrogens with zero attached hydrogens (tertiary/aromatic N) is 1. The Morgan fingerprint density at radius 1 is 1.07 bits per heavy atom. The highest BCUT2D eigenvalue weighted by Gasteiger charge is 2.58. The first kappa shape index (κ1) is 27.5. The van der Waals surface area contributed by atoms with Crippen molar-refractivity contribution in [2.75, 3.05) is 12.4 Å². The zero-order chi connectivity index (χ0) is 28.9. The molecule has 0 radical (unpaired) electrons. The summed E-state index contributed by atoms with van der Waals surface area (Å²) in [5.74, 6) is -5.00. The Labute approximate surface area is 230 Å². The first-order valence-electron chi connectivity index (χ1n) is 13.4. The van der Waals surface area contributed by atoms with E-state index in [0.717, 1.165) is 17.7 Å². The van der Waals surface area contributed by atoms with E-state index in [0.29, 0.717) is 18.5 Å². The van der Waals surface area contributed by atoms with Crippen molar-refractivity contribution in [1.29, 1.82) is 0 Å². The summed E-state index contributed by atoms with van der Waals surface area (Å²) in [6.45, 7) is 3.99. The van der Waals surface area contributed by atoms with E-state index in [-0.39, 0.29) is 47.0 Å². The molecule has 40 heavy (non-hydrogen) atoms. The van der Waals surface area contributed by atoms with Gasteiger partial charge < -0.3 is 20.9 Å². The Kier molecular flexibility index (Phi) is 6.97. The van der Waals surface area contributed by atoms with Crippen LogP contribution in [0.3, 0.4) is 0 Å². The van der Waals surface area contributed by atoms with E-state index in [2.05, 4.69) is 10.3 Å². The molecule has 3 amide bonds. The number of aromatic amines is 1. The molecular formula is C30H32F2N4O4. The van der Waals surface area contributed by atoms with E-state index in [4.69, 9.17) is 5.73 Å². The fourth-order valence-electron chi connectivity index (χ4n) is 6.37. The van der Waals surface area contributed by atoms with Crippen LogP contribution in [0.2, 0.25) is 0 Å². The predicted octanol–water partition coefficient (Wildman–Crippen LogP) is 4.29. The molecule has 1 saturated carbocycles. The van der Waals surface area contributed by atoms with Crippen LogP contribution in [0.5, 0.6) is 0 Å². The second-order valence-electron chi connectivity index (χ2n) is 11.4. The number of carbonyl (C=O) groups excluding carboxylic acids is 4. The van der Waals surface area contributed by atoms with Crippen molar-refractivity contribution in [2.24, 2.45) is 23.5 Å². The van der Waals surface area contributed by atoms with Crippen molar-refractivity contribution in [1.82, 2.24) is 9.88 Å². The minimum absolute atomic E-state index is 0.00258. The number of benzene rings is 2. The quantitative estimate of drug-likeness (QED) is 0.387. The Hall–Kier alpha value is -4.08. The van der Waals surface area contributed by atoms with Gasteiger partial charge in [0.25, 0.3) is 5.91 Å². The normalized spacial score (nSPS) is 22.5. The summed E-state index contributed by atoms with van der Waals surface area (Å²) in [6, 6.07) is 9.41. The fourth-order valence-corrected chi connectivity index (χ4v) is 6.37. The smallest absolute Gasteiger partial charge is 0.270 e. The Morgan fingerprint density at radius 3 is 2.48 bits per heavy atom. The monoisotopic (exact) mass is 550 g/mol. The number of anilines is 1. The van der Waals surface area contributed by atoms with Gasteiger partial charge in [-0.25, -0.2) is 8.78 Å². The maximum Gasteiger partial charge on any atom is 0.270 e. The summed E-state index contributed by atoms with van der Waals surface area (Å²) in [5, 5.41) is 2.93. The van der Waals surface area contributed by atoms with Crippen LogP contribution in [0.25, 0.3) is 10.9 Å². The molecule has 1 fully saturated rings. The molecule has 8 nitrogen and oxygen atoms in total. The van der Waals surface area contributed by atoms with Crippen LogP contribution in [0.15, 0.2) is 42.5 Å². The lowest BCUT2D eigenvalue weighted by atomic mass is 9.78. The summed E-state index contributed by atoms with van der Waals surface area (Å²) in [7, 11) is 1.48. The molecule has 1 aliphatic heterocycles. The van der Waals surface area contributed by atoms with Gasteiger partial charge >= 0.3 is 0 Å². The van der Waals surface area contributed by atoms with Crippen LogP contribution in [-0.2, 0) is 19.8 Å². The van der Waals surface area contributed by atoms with Gasteiger partial charge in [-0.05, 0) is 55.4 Å². The lowest BCUT2D eigenvalue weighted by Crippen LogP contribution is -2.47. The number of nitrogens with one attached hydrogen (secondary N) is 2. The minimum Gasteiger partial charge on any atom is -0.369 e. The lowest BCUT2D eigenvalue weighted by molar-refractivity contribution is -0.133. The van der Waals surface area contributed by atoms with Crippen molar-refractivity contribution >= 4 is 40.1 Å². The molecule has 2 aromatic carbocycles. The van der Waals surface area contributed by atoms with Crippen molar-refractivity contribution in [3.63, 3.8) is 0 Å². The maximum absolute atomic E-state index is 14.3. The molecule has 5 rings (SSSR count). The van der Waals surface area contributed by atoms with Crippen LogP contribution >= 0.6 is 0 Å². The molecule has 4 atom stereocenters. The number of carbonyl (C=O) groups is 4. The van der Waals surface area contributed by atoms with E-state index in [1.807, 2.05) is 26.0 Å². The molecule has 4 N–H and O–H groups in total. The zero-order valence-electron chi connectivity index (χ0n) is 22.6. The molecule has 1 aliphatic carbocycles. The van der Waals surface area contributed by atoms with Crippen molar-refractivity contribution in [3.05, 3.63) is 65.4 Å². The molecule has 210 valence electrons. The molecule has 1 unspecified atom stereocenters. The number of likely N-dealkylation sites (N-methyl/N-ethyl adjacent to an activating group) is 1. The number of halogens is 2. The Bertz CT molecular complexity index is 1530. The molecule has 3 aromatic rings. The molecule has 0 saturated heterocycles. The van der Waals surface area contributed by atoms with Gasteiger partial charge in [0.1, 0.15) is 17.3 Å². The molecular weight excluding hydrogens is 518 g/mol. The third-order valence-corrected chi connectivity index (χ3v) is 8.50. The van der Waals surface area contributed by atoms with Gasteiger partial charge in [-0.2, -0.15) is 0 Å². The first-order valence-corrected chi connectivity index (χ1v) is 13.4. The van der Waals surface area contributed by atoms with E-state index in [9.17, 15) is 28.0 Å². The van der Waals surface area contributed by atoms with Crippen molar-refractivity contribution in [3.8, 4) is 0 Å². The summed E-state index contributed by atoms with van der Waals surface area (Å²) >= 11 is 0. The Morgan fingerprint density at radius 2 is 1.77 bits per heavy atom. The highest BCUT2D eigenvalue weighted by molar-refractivity contribution is 6.08. The number of H-pyrrole nitrogens is 1. The number of hydrogen-bond donors (Lipinski definition) is 3. The lowest BCUT2D eigenvalue weighted by Gasteiger charge is -2.31. The van der Waals surface area contributed by atoms with Gasteiger partial charge in [-0.15, -0.1) is 0 Å². The van der Waals surface area contributed by atoms with Crippen LogP contribution < -0.4 is 11.1 Å². The summed E-state index contributed by atoms with van der Waals surface area (Å²) in [4.78, 5) is 57.7. The number of nitrogens with two attached hydrogens (primary N) is 1. The van der Waals surface area contributed by atoms with Crippen molar-refractivity contribution < 1.29 is 28.0 Å². The van der Waals surface area contributed by atoms with Gasteiger partial charge in [0.2, 0.25) is 11.8 Å². The molecule has 2 aliphatic rings. The van der Waals surface area contributed by atoms with Crippen LogP contribution in [0.1, 0.15) is 55.6 Å². The molecule has 0 bridgehead atoms. The number of hydrogen-bond acceptors (Lipinski definition) is 4. The number of Topliss-reactive ketones (excluding diaryl/α,β-unsaturated/α-hetero) is 1. The maximum atomic E-state index is 14.3. The van der Waals surface area contributed by atoms with E-state index >= 15 is 0 Å². The molecule has 1 aromatic heterocycles. The molecule has 1 spiro atoms. The topological polar surface area (TPSA) is 125 Å². The van der Waals surface area contributed by atoms with Crippen molar-refractivity contribution in [2.45, 2.75) is 51.0 Å². The van der Waals surface area contributed by atoms with Crippen LogP contribution in [-0.4, -0.2) is 46.5 Å². The zero-order valence-corrected chi connectivity index (χ0v) is 22.6. The summed E-state index contributed by atoms with van der Waals surface area (Å²) < 4.78 is 28.0. The van der Waals surface area contributed by atoms with Gasteiger partial charge in [0, 0.05) is 36.0 Å². The fraction of sp³-hybridized carbons (Fsp3) is 0.400. The average Bonchev–Trinajstić information content (AvgIpc) is 3.58. The largest absolute Gasteiger partial charge is 0.369 e. The standard InChI is InChI=1S/C30H32F2N4O4/c1-15(2)8-9-25(36(3)28(39)24-12-17-21(32)10-16(31)11-23(17)34-24)26(37)18-13-30(14-19(18)27(33)38)20-6-4-5-7-22(20)35-29(30)40/h4-7,10-12,15,18-19,25,34H,8-9,13-14H2,1-3H3,(H2,33,38)(H,35,40)/t18?,19-,25+,30-/m1/s1. The van der Waals surface area contributed by atoms with Gasteiger partial charge in [0.05, 0.1) is 17.0 Å². The minimum atomic E-state index is -1.07. The third kappa shape index (κ3) is 4.55. The van der Waals surface area contributed by atoms with E-state index < -0.39 is 46.7 Å². The second kappa shape index (κ2) is 10.1.